The van der Waals surface area contributed by atoms with Crippen LogP contribution in [0.5, 0.6) is 0 Å². The number of allylic oxidation sites excluding steroid dienone is 1. The summed E-state index contributed by atoms with van der Waals surface area (Å²) >= 11 is 3.48. The van der Waals surface area contributed by atoms with Gasteiger partial charge in [0.15, 0.2) is 5.66 Å². The Labute approximate surface area is 228 Å². The SMILES string of the molecule is CS(=O)(=O)N1CCC2(CC1)N=C(/C=C/c1nnc(-c3cnc4ccccc4c3)o1)C(c1ccc(Br)cc1)=N2. The molecule has 1 spiro atoms. The van der Waals surface area contributed by atoms with Gasteiger partial charge in [0, 0.05) is 53.6 Å². The fourth-order valence-electron chi connectivity index (χ4n) is 4.66. The number of para-hydroxylation sites is 1. The Morgan fingerprint density at radius 2 is 1.74 bits per heavy atom. The van der Waals surface area contributed by atoms with E-state index in [1.165, 1.54) is 10.6 Å². The maximum absolute atomic E-state index is 12.0. The number of pyridine rings is 1. The van der Waals surface area contributed by atoms with Gasteiger partial charge in [-0.15, -0.1) is 10.2 Å². The number of benzene rings is 2. The second-order valence-electron chi connectivity index (χ2n) is 9.30. The van der Waals surface area contributed by atoms with Crippen molar-refractivity contribution in [2.75, 3.05) is 19.3 Å². The van der Waals surface area contributed by atoms with Gasteiger partial charge in [-0.1, -0.05) is 46.3 Å². The third kappa shape index (κ3) is 4.96. The van der Waals surface area contributed by atoms with E-state index in [9.17, 15) is 8.42 Å². The molecule has 0 unspecified atom stereocenters. The molecule has 0 aliphatic carbocycles. The quantitative estimate of drug-likeness (QED) is 0.331. The third-order valence-corrected chi connectivity index (χ3v) is 8.49. The molecule has 0 radical (unpaired) electrons. The molecule has 6 rings (SSSR count). The molecule has 0 saturated carbocycles. The highest BCUT2D eigenvalue weighted by atomic mass is 79.9. The van der Waals surface area contributed by atoms with Crippen LogP contribution in [0.2, 0.25) is 0 Å². The summed E-state index contributed by atoms with van der Waals surface area (Å²) in [7, 11) is -3.25. The molecule has 0 amide bonds. The second-order valence-corrected chi connectivity index (χ2v) is 12.2. The van der Waals surface area contributed by atoms with Crippen molar-refractivity contribution in [3.05, 3.63) is 82.8 Å². The first-order valence-corrected chi connectivity index (χ1v) is 14.7. The van der Waals surface area contributed by atoms with Gasteiger partial charge < -0.3 is 4.42 Å². The first kappa shape index (κ1) is 24.8. The van der Waals surface area contributed by atoms with E-state index >= 15 is 0 Å². The lowest BCUT2D eigenvalue weighted by Crippen LogP contribution is -2.44. The second kappa shape index (κ2) is 9.64. The van der Waals surface area contributed by atoms with Crippen molar-refractivity contribution < 1.29 is 12.8 Å². The number of rotatable bonds is 5. The Morgan fingerprint density at radius 3 is 2.50 bits per heavy atom. The average molecular weight is 591 g/mol. The maximum Gasteiger partial charge on any atom is 0.249 e. The lowest BCUT2D eigenvalue weighted by atomic mass is 10.00. The Bertz CT molecular complexity index is 1720. The molecule has 0 bridgehead atoms. The molecule has 2 aliphatic rings. The Balaban J connectivity index is 1.29. The van der Waals surface area contributed by atoms with Crippen molar-refractivity contribution in [2.45, 2.75) is 18.5 Å². The highest BCUT2D eigenvalue weighted by Crippen LogP contribution is 2.34. The Morgan fingerprint density at radius 1 is 0.974 bits per heavy atom. The monoisotopic (exact) mass is 590 g/mol. The average Bonchev–Trinajstić information content (AvgIpc) is 3.52. The molecule has 38 heavy (non-hydrogen) atoms. The molecular formula is C27H23BrN6O3S. The van der Waals surface area contributed by atoms with Crippen LogP contribution in [0.3, 0.4) is 0 Å². The zero-order chi connectivity index (χ0) is 26.3. The van der Waals surface area contributed by atoms with Crippen LogP contribution < -0.4 is 0 Å². The van der Waals surface area contributed by atoms with Gasteiger partial charge in [-0.25, -0.2) is 12.7 Å². The van der Waals surface area contributed by atoms with Gasteiger partial charge >= 0.3 is 0 Å². The van der Waals surface area contributed by atoms with E-state index in [0.717, 1.165) is 32.2 Å². The topological polar surface area (TPSA) is 114 Å². The molecule has 2 aromatic heterocycles. The summed E-state index contributed by atoms with van der Waals surface area (Å²) in [5.74, 6) is 0.710. The van der Waals surface area contributed by atoms with Gasteiger partial charge in [0.1, 0.15) is 0 Å². The number of nitrogens with zero attached hydrogens (tertiary/aromatic N) is 6. The summed E-state index contributed by atoms with van der Waals surface area (Å²) in [6.07, 6.45) is 7.53. The van der Waals surface area contributed by atoms with Crippen molar-refractivity contribution in [2.24, 2.45) is 9.98 Å². The molecule has 192 valence electrons. The number of fused-ring (bicyclic) bond motifs is 1. The first-order chi connectivity index (χ1) is 18.3. The van der Waals surface area contributed by atoms with Crippen molar-refractivity contribution in [1.82, 2.24) is 19.5 Å². The predicted molar refractivity (Wildman–Crippen MR) is 151 cm³/mol. The maximum atomic E-state index is 12.0. The molecule has 1 fully saturated rings. The number of aliphatic imine (C=N–C) groups is 2. The number of aromatic nitrogens is 3. The molecule has 1 saturated heterocycles. The van der Waals surface area contributed by atoms with Gasteiger partial charge in [-0.3, -0.25) is 15.0 Å². The minimum absolute atomic E-state index is 0.332. The molecule has 9 nitrogen and oxygen atoms in total. The zero-order valence-electron chi connectivity index (χ0n) is 20.5. The fourth-order valence-corrected chi connectivity index (χ4v) is 5.77. The summed E-state index contributed by atoms with van der Waals surface area (Å²) in [5, 5.41) is 9.36. The van der Waals surface area contributed by atoms with Crippen molar-refractivity contribution in [1.29, 1.82) is 0 Å². The van der Waals surface area contributed by atoms with Crippen LogP contribution in [-0.2, 0) is 10.0 Å². The molecule has 2 aliphatic heterocycles. The van der Waals surface area contributed by atoms with Gasteiger partial charge in [0.2, 0.25) is 21.8 Å². The first-order valence-electron chi connectivity index (χ1n) is 12.1. The van der Waals surface area contributed by atoms with Crippen LogP contribution in [0, 0.1) is 0 Å². The highest BCUT2D eigenvalue weighted by molar-refractivity contribution is 9.10. The summed E-state index contributed by atoms with van der Waals surface area (Å²) < 4.78 is 32.4. The van der Waals surface area contributed by atoms with Gasteiger partial charge in [-0.05, 0) is 30.3 Å². The van der Waals surface area contributed by atoms with E-state index in [1.54, 1.807) is 12.3 Å². The number of hydrogen-bond acceptors (Lipinski definition) is 8. The predicted octanol–water partition coefficient (Wildman–Crippen LogP) is 4.76. The lowest BCUT2D eigenvalue weighted by Gasteiger charge is -2.33. The van der Waals surface area contributed by atoms with Crippen LogP contribution in [0.25, 0.3) is 28.4 Å². The molecule has 11 heteroatoms. The lowest BCUT2D eigenvalue weighted by molar-refractivity contribution is 0.250. The standard InChI is InChI=1S/C27H23BrN6O3S/c1-38(35,36)34-14-12-27(13-15-34)30-23(25(31-27)18-6-8-21(28)9-7-18)10-11-24-32-33-26(37-24)20-16-19-4-2-3-5-22(19)29-17-20/h2-11,16-17H,12-15H2,1H3/b11-10+. The van der Waals surface area contributed by atoms with Crippen molar-refractivity contribution in [3.8, 4) is 11.5 Å². The Hall–Kier alpha value is -3.54. The van der Waals surface area contributed by atoms with Crippen molar-refractivity contribution >= 4 is 54.4 Å². The third-order valence-electron chi connectivity index (χ3n) is 6.66. The van der Waals surface area contributed by atoms with E-state index in [0.29, 0.717) is 43.4 Å². The van der Waals surface area contributed by atoms with Crippen LogP contribution in [0.4, 0.5) is 0 Å². The molecular weight excluding hydrogens is 568 g/mol. The van der Waals surface area contributed by atoms with E-state index in [2.05, 4.69) is 31.1 Å². The number of halogens is 1. The normalized spacial score (nSPS) is 17.8. The minimum atomic E-state index is -3.25. The smallest absolute Gasteiger partial charge is 0.249 e. The molecule has 4 heterocycles. The fraction of sp³-hybridized carbons (Fsp3) is 0.222. The van der Waals surface area contributed by atoms with Gasteiger partial charge in [0.05, 0.1) is 28.8 Å². The van der Waals surface area contributed by atoms with Gasteiger partial charge in [-0.2, -0.15) is 0 Å². The number of sulfonamides is 1. The molecule has 4 aromatic rings. The summed E-state index contributed by atoms with van der Waals surface area (Å²) in [5.41, 5.74) is 3.30. The van der Waals surface area contributed by atoms with Gasteiger partial charge in [0.25, 0.3) is 0 Å². The summed E-state index contributed by atoms with van der Waals surface area (Å²) in [4.78, 5) is 14.5. The Kier molecular flexibility index (Phi) is 6.29. The number of hydrogen-bond donors (Lipinski definition) is 0. The van der Waals surface area contributed by atoms with E-state index in [4.69, 9.17) is 14.4 Å². The minimum Gasteiger partial charge on any atom is -0.417 e. The van der Waals surface area contributed by atoms with Crippen molar-refractivity contribution in [3.63, 3.8) is 0 Å². The summed E-state index contributed by atoms with van der Waals surface area (Å²) in [6, 6.07) is 17.7. The largest absolute Gasteiger partial charge is 0.417 e. The van der Waals surface area contributed by atoms with Crippen LogP contribution in [0.1, 0.15) is 24.3 Å². The molecule has 0 N–H and O–H groups in total. The van der Waals surface area contributed by atoms with E-state index in [-0.39, 0.29) is 0 Å². The van der Waals surface area contributed by atoms with Crippen LogP contribution >= 0.6 is 15.9 Å². The highest BCUT2D eigenvalue weighted by Gasteiger charge is 2.40. The molecule has 2 aromatic carbocycles. The summed E-state index contributed by atoms with van der Waals surface area (Å²) in [6.45, 7) is 0.756. The zero-order valence-corrected chi connectivity index (χ0v) is 22.9. The van der Waals surface area contributed by atoms with Crippen LogP contribution in [-0.4, -0.2) is 64.3 Å². The van der Waals surface area contributed by atoms with E-state index in [1.807, 2.05) is 60.7 Å². The number of piperidine rings is 1. The van der Waals surface area contributed by atoms with Crippen LogP contribution in [0.15, 0.2) is 85.7 Å². The molecule has 0 atom stereocenters. The van der Waals surface area contributed by atoms with E-state index < -0.39 is 15.7 Å².